The van der Waals surface area contributed by atoms with Crippen molar-refractivity contribution >= 4 is 22.8 Å². The number of benzene rings is 2. The zero-order valence-electron chi connectivity index (χ0n) is 13.1. The maximum absolute atomic E-state index is 12.4. The van der Waals surface area contributed by atoms with E-state index in [4.69, 9.17) is 14.4 Å². The van der Waals surface area contributed by atoms with E-state index in [9.17, 15) is 9.59 Å². The van der Waals surface area contributed by atoms with Gasteiger partial charge in [-0.2, -0.15) is 5.26 Å². The van der Waals surface area contributed by atoms with E-state index in [-0.39, 0.29) is 17.6 Å². The van der Waals surface area contributed by atoms with Gasteiger partial charge in [0.25, 0.3) is 0 Å². The summed E-state index contributed by atoms with van der Waals surface area (Å²) in [5.74, 6) is 0.0872. The number of fused-ring (bicyclic) bond motifs is 1. The number of ether oxygens (including phenoxy) is 1. The summed E-state index contributed by atoms with van der Waals surface area (Å²) in [7, 11) is 0. The van der Waals surface area contributed by atoms with Gasteiger partial charge in [0.1, 0.15) is 29.2 Å². The van der Waals surface area contributed by atoms with E-state index in [2.05, 4.69) is 0 Å². The lowest BCUT2D eigenvalue weighted by molar-refractivity contribution is 0.104. The van der Waals surface area contributed by atoms with E-state index in [0.717, 1.165) is 0 Å². The second-order valence-corrected chi connectivity index (χ2v) is 5.19. The van der Waals surface area contributed by atoms with E-state index < -0.39 is 5.78 Å². The van der Waals surface area contributed by atoms with E-state index in [1.807, 2.05) is 6.07 Å². The molecule has 0 bridgehead atoms. The molecule has 0 radical (unpaired) electrons. The number of hydrogen-bond donors (Lipinski definition) is 0. The third kappa shape index (κ3) is 3.65. The molecule has 0 aliphatic carbocycles. The van der Waals surface area contributed by atoms with Crippen molar-refractivity contribution < 1.29 is 13.9 Å². The number of hydrogen-bond acceptors (Lipinski definition) is 5. The number of para-hydroxylation sites is 1. The van der Waals surface area contributed by atoms with Gasteiger partial charge < -0.3 is 9.15 Å². The van der Waals surface area contributed by atoms with Crippen LogP contribution in [0.1, 0.15) is 15.9 Å². The van der Waals surface area contributed by atoms with Gasteiger partial charge in [0.05, 0.1) is 5.39 Å². The Balaban J connectivity index is 1.85. The molecule has 3 aromatic rings. The molecule has 0 N–H and O–H groups in total. The molecule has 0 aliphatic heterocycles. The third-order valence-electron chi connectivity index (χ3n) is 3.53. The highest BCUT2D eigenvalue weighted by Crippen LogP contribution is 2.15. The minimum Gasteiger partial charge on any atom is -0.479 e. The molecule has 0 atom stereocenters. The predicted molar refractivity (Wildman–Crippen MR) is 93.4 cm³/mol. The fourth-order valence-electron chi connectivity index (χ4n) is 2.33. The van der Waals surface area contributed by atoms with Crippen LogP contribution in [0.5, 0.6) is 5.75 Å². The first-order chi connectivity index (χ1) is 12.2. The van der Waals surface area contributed by atoms with Crippen molar-refractivity contribution in [2.45, 2.75) is 0 Å². The first-order valence-electron chi connectivity index (χ1n) is 7.52. The van der Waals surface area contributed by atoms with Crippen LogP contribution in [-0.2, 0) is 0 Å². The lowest BCUT2D eigenvalue weighted by Crippen LogP contribution is -2.13. The third-order valence-corrected chi connectivity index (χ3v) is 3.53. The molecular weight excluding hydrogens is 318 g/mol. The Morgan fingerprint density at radius 2 is 2.04 bits per heavy atom. The molecule has 0 saturated heterocycles. The monoisotopic (exact) mass is 331 g/mol. The van der Waals surface area contributed by atoms with Gasteiger partial charge in [-0.3, -0.25) is 9.59 Å². The minimum atomic E-state index is -0.442. The Hall–Kier alpha value is -3.65. The normalized spacial score (nSPS) is 10.7. The number of allylic oxidation sites excluding steroid dienone is 1. The number of nitrogens with zero attached hydrogens (tertiary/aromatic N) is 1. The van der Waals surface area contributed by atoms with Crippen molar-refractivity contribution in [1.29, 1.82) is 5.26 Å². The highest BCUT2D eigenvalue weighted by molar-refractivity contribution is 6.07. The van der Waals surface area contributed by atoms with Crippen LogP contribution in [0.4, 0.5) is 0 Å². The molecule has 0 unspecified atom stereocenters. The van der Waals surface area contributed by atoms with E-state index in [1.165, 1.54) is 12.3 Å². The fraction of sp³-hybridized carbons (Fsp3) is 0.0500. The maximum Gasteiger partial charge on any atom is 0.203 e. The average molecular weight is 331 g/mol. The van der Waals surface area contributed by atoms with Crippen LogP contribution in [0.2, 0.25) is 0 Å². The molecule has 3 rings (SSSR count). The topological polar surface area (TPSA) is 80.3 Å². The Labute approximate surface area is 143 Å². The van der Waals surface area contributed by atoms with Crippen molar-refractivity contribution in [1.82, 2.24) is 0 Å². The second-order valence-electron chi connectivity index (χ2n) is 5.19. The zero-order valence-corrected chi connectivity index (χ0v) is 13.1. The molecule has 5 heteroatoms. The molecule has 0 saturated carbocycles. The quantitative estimate of drug-likeness (QED) is 0.527. The Morgan fingerprint density at radius 1 is 1.20 bits per heavy atom. The molecule has 0 fully saturated rings. The van der Waals surface area contributed by atoms with E-state index >= 15 is 0 Å². The summed E-state index contributed by atoms with van der Waals surface area (Å²) >= 11 is 0. The van der Waals surface area contributed by atoms with Crippen molar-refractivity contribution in [2.24, 2.45) is 0 Å². The highest BCUT2D eigenvalue weighted by Gasteiger charge is 2.11. The molecule has 0 spiro atoms. The summed E-state index contributed by atoms with van der Waals surface area (Å²) in [6.45, 7) is -0.0514. The summed E-state index contributed by atoms with van der Waals surface area (Å²) in [5, 5.41) is 8.90. The van der Waals surface area contributed by atoms with Crippen molar-refractivity contribution in [3.63, 3.8) is 0 Å². The van der Waals surface area contributed by atoms with Gasteiger partial charge in [-0.05, 0) is 35.9 Å². The van der Waals surface area contributed by atoms with Gasteiger partial charge in [-0.15, -0.1) is 0 Å². The molecular formula is C20H13NO4. The standard InChI is InChI=1S/C20H13NO4/c21-10-11-24-15-5-3-4-14(12-15)8-9-18(22)17-13-25-19-7-2-1-6-16(19)20(17)23/h1-9,12-13H,11H2. The highest BCUT2D eigenvalue weighted by atomic mass is 16.5. The fourth-order valence-corrected chi connectivity index (χ4v) is 2.33. The van der Waals surface area contributed by atoms with Gasteiger partial charge in [0.2, 0.25) is 5.43 Å². The summed E-state index contributed by atoms with van der Waals surface area (Å²) in [4.78, 5) is 24.7. The van der Waals surface area contributed by atoms with Crippen LogP contribution in [0.25, 0.3) is 17.0 Å². The van der Waals surface area contributed by atoms with E-state index in [1.54, 1.807) is 54.6 Å². The molecule has 5 nitrogen and oxygen atoms in total. The lowest BCUT2D eigenvalue weighted by Gasteiger charge is -2.02. The molecule has 1 heterocycles. The second kappa shape index (κ2) is 7.28. The van der Waals surface area contributed by atoms with Crippen molar-refractivity contribution in [3.05, 3.63) is 82.2 Å². The summed E-state index contributed by atoms with van der Waals surface area (Å²) in [5.41, 5.74) is 0.777. The van der Waals surface area contributed by atoms with Crippen LogP contribution in [0.15, 0.2) is 70.1 Å². The zero-order chi connectivity index (χ0) is 17.6. The average Bonchev–Trinajstić information content (AvgIpc) is 2.65. The largest absolute Gasteiger partial charge is 0.479 e. The first-order valence-corrected chi connectivity index (χ1v) is 7.52. The summed E-state index contributed by atoms with van der Waals surface area (Å²) in [6, 6.07) is 15.6. The number of nitriles is 1. The van der Waals surface area contributed by atoms with Crippen molar-refractivity contribution in [3.8, 4) is 11.8 Å². The van der Waals surface area contributed by atoms with Crippen molar-refractivity contribution in [2.75, 3.05) is 6.61 Å². The van der Waals surface area contributed by atoms with Gasteiger partial charge in [-0.25, -0.2) is 0 Å². The van der Waals surface area contributed by atoms with Gasteiger partial charge >= 0.3 is 0 Å². The van der Waals surface area contributed by atoms with Gasteiger partial charge in [0.15, 0.2) is 12.4 Å². The smallest absolute Gasteiger partial charge is 0.203 e. The SMILES string of the molecule is N#CCOc1cccc(C=CC(=O)c2coc3ccccc3c2=O)c1. The Bertz CT molecular complexity index is 1060. The Kier molecular flexibility index (Phi) is 4.72. The first kappa shape index (κ1) is 16.2. The lowest BCUT2D eigenvalue weighted by atomic mass is 10.1. The minimum absolute atomic E-state index is 0.0214. The molecule has 2 aromatic carbocycles. The molecule has 0 aliphatic rings. The summed E-state index contributed by atoms with van der Waals surface area (Å²) < 4.78 is 10.6. The van der Waals surface area contributed by atoms with Crippen LogP contribution < -0.4 is 10.2 Å². The number of rotatable bonds is 5. The molecule has 1 aromatic heterocycles. The van der Waals surface area contributed by atoms with Crippen LogP contribution >= 0.6 is 0 Å². The van der Waals surface area contributed by atoms with Crippen LogP contribution in [-0.4, -0.2) is 12.4 Å². The molecule has 25 heavy (non-hydrogen) atoms. The maximum atomic E-state index is 12.4. The molecule has 0 amide bonds. The number of carbonyl (C=O) groups is 1. The van der Waals surface area contributed by atoms with Gasteiger partial charge in [0, 0.05) is 0 Å². The number of ketones is 1. The van der Waals surface area contributed by atoms with Crippen LogP contribution in [0.3, 0.4) is 0 Å². The molecule has 122 valence electrons. The Morgan fingerprint density at radius 3 is 2.88 bits per heavy atom. The van der Waals surface area contributed by atoms with Gasteiger partial charge in [-0.1, -0.05) is 30.3 Å². The summed E-state index contributed by atoms with van der Waals surface area (Å²) in [6.07, 6.45) is 4.07. The van der Waals surface area contributed by atoms with Crippen LogP contribution in [0, 0.1) is 11.3 Å². The predicted octanol–water partition coefficient (Wildman–Crippen LogP) is 3.59. The number of carbonyl (C=O) groups excluding carboxylic acids is 1. The van der Waals surface area contributed by atoms with E-state index in [0.29, 0.717) is 22.3 Å².